The van der Waals surface area contributed by atoms with Crippen LogP contribution >= 0.6 is 0 Å². The first-order valence-electron chi connectivity index (χ1n) is 50.4. The number of carbonyl (C=O) groups is 14. The minimum atomic E-state index is -0.774. The van der Waals surface area contributed by atoms with Crippen LogP contribution in [0.25, 0.3) is 0 Å². The number of unbranched alkanes of at least 4 members (excludes halogenated alkanes) is 11. The maximum Gasteiger partial charge on any atom is 0.407 e. The van der Waals surface area contributed by atoms with Crippen LogP contribution in [-0.2, 0) is 176 Å². The number of methoxy groups -OCH3 is 1. The van der Waals surface area contributed by atoms with Crippen molar-refractivity contribution in [2.24, 2.45) is 9.98 Å². The van der Waals surface area contributed by atoms with E-state index in [1.165, 1.54) is 32.9 Å². The van der Waals surface area contributed by atoms with Crippen LogP contribution in [0.5, 0.6) is 0 Å². The third-order valence-electron chi connectivity index (χ3n) is 22.3. The van der Waals surface area contributed by atoms with Gasteiger partial charge in [0.25, 0.3) is 0 Å². The molecular formula is C97H158N4O45. The third kappa shape index (κ3) is 59.0. The number of carbonyl (C=O) groups excluding carboxylic acids is 16. The molecule has 2 amide bonds. The van der Waals surface area contributed by atoms with Gasteiger partial charge < -0.3 is 151 Å². The number of nitrogens with one attached hydrogen (secondary N) is 2. The molecule has 836 valence electrons. The summed E-state index contributed by atoms with van der Waals surface area (Å²) in [5.41, 5.74) is 0. The molecule has 9 aliphatic heterocycles. The van der Waals surface area contributed by atoms with E-state index in [9.17, 15) is 76.7 Å². The highest BCUT2D eigenvalue weighted by atomic mass is 16.7. The van der Waals surface area contributed by atoms with E-state index in [1.54, 1.807) is 48.7 Å². The van der Waals surface area contributed by atoms with Crippen molar-refractivity contribution in [3.8, 4) is 0 Å². The van der Waals surface area contributed by atoms with Crippen molar-refractivity contribution >= 4 is 95.8 Å². The SMILES string of the molecule is CC(CC(=O)OC1COC2C(OC(=O)CC(C)OC(=O)CCCCCO)COC12)OC(=O)CCCCCO.CC(O)CC(=O)O[C@H]1COC2C1OC[C@H]2OC(=O)CC(C)O.CCOC(=O)CC(C)O.COCCCCCC(=O)OC(C)CC(=O)OC1COC2C(OC(=O)CC(C)OC(=O)CCCCCOC(=O)NCCCCCCNC(C)=O)COC12.O=C1CCCCCO1.O=C=NCN=C=O.O[C@@H]1COC2C1OC[C@@H]2O. The number of hydrogen-bond acceptors (Lipinski definition) is 47. The molecular weight excluding hydrogens is 1940 g/mol. The number of hydrogen-bond donors (Lipinski definition) is 9. The van der Waals surface area contributed by atoms with Crippen LogP contribution in [0.1, 0.15) is 261 Å². The Morgan fingerprint density at radius 2 is 0.671 bits per heavy atom. The Balaban J connectivity index is 0.000000500. The quantitative estimate of drug-likeness (QED) is 0.0138. The summed E-state index contributed by atoms with van der Waals surface area (Å²) >= 11 is 0. The maximum atomic E-state index is 12.6. The Labute approximate surface area is 850 Å². The van der Waals surface area contributed by atoms with Gasteiger partial charge in [0.1, 0.15) is 85.5 Å². The van der Waals surface area contributed by atoms with Gasteiger partial charge in [0, 0.05) is 79.0 Å². The van der Waals surface area contributed by atoms with Crippen molar-refractivity contribution in [2.45, 2.75) is 402 Å². The second kappa shape index (κ2) is 77.8. The number of ether oxygens (including phenoxy) is 22. The van der Waals surface area contributed by atoms with Crippen molar-refractivity contribution in [1.82, 2.24) is 10.6 Å². The second-order valence-corrected chi connectivity index (χ2v) is 36.0. The predicted octanol–water partition coefficient (Wildman–Crippen LogP) is 3.49. The van der Waals surface area contributed by atoms with E-state index < -0.39 is 188 Å². The topological polar surface area (TPSA) is 667 Å². The van der Waals surface area contributed by atoms with Crippen LogP contribution < -0.4 is 10.6 Å². The highest BCUT2D eigenvalue weighted by Crippen LogP contribution is 2.35. The summed E-state index contributed by atoms with van der Waals surface area (Å²) in [7, 11) is 1.63. The van der Waals surface area contributed by atoms with Crippen LogP contribution in [-0.4, -0.2) is 391 Å². The number of fused-ring (bicyclic) bond motifs is 4. The molecule has 23 atom stereocenters. The number of amides is 2. The molecule has 49 heteroatoms. The molecule has 0 spiro atoms. The molecule has 0 aromatic rings. The minimum Gasteiger partial charge on any atom is -0.466 e. The summed E-state index contributed by atoms with van der Waals surface area (Å²) in [6, 6.07) is 0. The molecule has 0 aliphatic carbocycles. The normalized spacial score (nSPS) is 24.3. The van der Waals surface area contributed by atoms with Crippen LogP contribution in [0.2, 0.25) is 0 Å². The van der Waals surface area contributed by atoms with Gasteiger partial charge in [0.05, 0.1) is 136 Å². The number of aliphatic hydroxyl groups is 7. The van der Waals surface area contributed by atoms with E-state index in [0.29, 0.717) is 90.7 Å². The molecule has 0 bridgehead atoms. The van der Waals surface area contributed by atoms with Crippen LogP contribution in [0.4, 0.5) is 4.79 Å². The Morgan fingerprint density at radius 3 is 0.979 bits per heavy atom. The number of rotatable bonds is 56. The lowest BCUT2D eigenvalue weighted by Gasteiger charge is -2.19. The molecule has 146 heavy (non-hydrogen) atoms. The average Bonchev–Trinajstić information content (AvgIpc) is 1.54. The van der Waals surface area contributed by atoms with Crippen molar-refractivity contribution < 1.29 is 217 Å². The van der Waals surface area contributed by atoms with Gasteiger partial charge in [-0.3, -0.25) is 62.3 Å². The fraction of sp³-hybridized carbons (Fsp3) is 0.835. The zero-order chi connectivity index (χ0) is 108. The van der Waals surface area contributed by atoms with Crippen LogP contribution in [0.15, 0.2) is 9.98 Å². The standard InChI is InChI=1S/C36H60N2O14.C26H42O12.C14H22O8.C6H10O4.C6H12O3.C6H10O2.C3H2N2O2/c1-25(49-30(40)15-9-7-13-19-45-4)21-32(42)51-28-23-47-35-29(24-48-34(28)35)52-33(43)22-26(2)50-31(41)16-10-8-14-20-46-36(44)38-18-12-6-5-11-17-37-27(3)39;1-17(35-21(29)9-5-3-7-11-27)13-23(31)37-19-15-33-26-20(16-34-25(19)26)38-24(32)14-18(2)36-22(30)10-6-4-8-12-28;1-7(15)3-11(17)21-9-5-19-14-10(6-20-13(9)14)22-12(18)4-8(2)16;7-3-1-9-6-4(8)2-10-5(3)6;1-3-9-6(8)4-5(2)7;7-6-4-2-1-3-5-8-6;6-2-4-1-5-3-7/h25-26,28-29,34-35H,5-24H2,1-4H3,(H,37,39)(H,38,44);17-20,25-28H,3-16H2,1-2H3;7-10,13-16H,3-6H2,1-2H3;3-8H,1-2H2;5,7H,3-4H2,1-2H3;1-5H2;1H2/t;;7?,8?,9-,10+,13?,14?;3-,4+,5?,6?;;;. The largest absolute Gasteiger partial charge is 0.466 e. The van der Waals surface area contributed by atoms with Gasteiger partial charge in [-0.05, 0) is 145 Å². The number of isocyanates is 2. The van der Waals surface area contributed by atoms with Gasteiger partial charge in [-0.1, -0.05) is 32.1 Å². The van der Waals surface area contributed by atoms with E-state index in [0.717, 1.165) is 70.6 Å². The molecule has 0 saturated carbocycles. The Bertz CT molecular complexity index is 3740. The van der Waals surface area contributed by atoms with E-state index in [1.807, 2.05) is 0 Å². The molecule has 0 aromatic carbocycles. The van der Waals surface area contributed by atoms with E-state index in [4.69, 9.17) is 135 Å². The van der Waals surface area contributed by atoms with Gasteiger partial charge >= 0.3 is 77.7 Å². The van der Waals surface area contributed by atoms with Gasteiger partial charge in [0.15, 0.2) is 43.3 Å². The number of cyclic esters (lactones) is 1. The molecule has 9 N–H and O–H groups in total. The molecule has 0 radical (unpaired) electrons. The maximum absolute atomic E-state index is 12.6. The highest BCUT2D eigenvalue weighted by molar-refractivity contribution is 5.76. The lowest BCUT2D eigenvalue weighted by atomic mass is 10.1. The predicted molar refractivity (Wildman–Crippen MR) is 502 cm³/mol. The van der Waals surface area contributed by atoms with Crippen LogP contribution in [0, 0.1) is 0 Å². The summed E-state index contributed by atoms with van der Waals surface area (Å²) in [5.74, 6) is -5.32. The van der Waals surface area contributed by atoms with Gasteiger partial charge in [-0.2, -0.15) is 9.98 Å². The van der Waals surface area contributed by atoms with Crippen molar-refractivity contribution in [3.63, 3.8) is 0 Å². The van der Waals surface area contributed by atoms with Crippen molar-refractivity contribution in [2.75, 3.05) is 119 Å². The Hall–Kier alpha value is -9.50. The number of aliphatic imine (C=N–C) groups is 2. The summed E-state index contributed by atoms with van der Waals surface area (Å²) in [4.78, 5) is 189. The molecule has 19 unspecified atom stereocenters. The van der Waals surface area contributed by atoms with Crippen LogP contribution in [0.3, 0.4) is 0 Å². The second-order valence-electron chi connectivity index (χ2n) is 36.0. The highest BCUT2D eigenvalue weighted by Gasteiger charge is 2.54. The number of nitrogens with zero attached hydrogens (tertiary/aromatic N) is 2. The average molecular weight is 2100 g/mol. The lowest BCUT2D eigenvalue weighted by molar-refractivity contribution is -0.163. The smallest absolute Gasteiger partial charge is 0.407 e. The molecule has 49 nitrogen and oxygen atoms in total. The minimum absolute atomic E-state index is 0.0255. The molecule has 9 rings (SSSR count). The van der Waals surface area contributed by atoms with E-state index in [-0.39, 0.29) is 186 Å². The first-order chi connectivity index (χ1) is 69.8. The van der Waals surface area contributed by atoms with E-state index >= 15 is 0 Å². The van der Waals surface area contributed by atoms with Crippen molar-refractivity contribution in [1.29, 1.82) is 0 Å². The summed E-state index contributed by atoms with van der Waals surface area (Å²) in [6.45, 7) is 18.5. The van der Waals surface area contributed by atoms with Gasteiger partial charge in [-0.15, -0.1) is 0 Å². The summed E-state index contributed by atoms with van der Waals surface area (Å²) in [6.07, 6.45) is 4.08. The third-order valence-corrected chi connectivity index (χ3v) is 22.3. The molecule has 9 heterocycles. The fourth-order valence-corrected chi connectivity index (χ4v) is 15.4. The number of aliphatic hydroxyl groups excluding tert-OH is 7. The lowest BCUT2D eigenvalue weighted by Crippen LogP contribution is -2.36. The van der Waals surface area contributed by atoms with Gasteiger partial charge in [0.2, 0.25) is 18.1 Å². The Morgan fingerprint density at radius 1 is 0.370 bits per heavy atom. The zero-order valence-corrected chi connectivity index (χ0v) is 85.8. The summed E-state index contributed by atoms with van der Waals surface area (Å²) in [5, 5.41) is 68.3. The number of esters is 12. The fourth-order valence-electron chi connectivity index (χ4n) is 15.4. The van der Waals surface area contributed by atoms with Gasteiger partial charge in [-0.25, -0.2) is 14.4 Å². The molecule has 9 saturated heterocycles. The first kappa shape index (κ1) is 131. The monoisotopic (exact) mass is 2100 g/mol. The summed E-state index contributed by atoms with van der Waals surface area (Å²) < 4.78 is 117. The zero-order valence-electron chi connectivity index (χ0n) is 85.8. The van der Waals surface area contributed by atoms with E-state index in [2.05, 4.69) is 25.4 Å². The molecule has 0 aromatic heterocycles. The Kier molecular flexibility index (Phi) is 69.6. The number of alkyl carbamates (subject to hydrolysis) is 1. The first-order valence-corrected chi connectivity index (χ1v) is 50.4. The molecule has 9 fully saturated rings. The molecule has 9 aliphatic rings. The van der Waals surface area contributed by atoms with Crippen molar-refractivity contribution in [3.05, 3.63) is 0 Å².